The van der Waals surface area contributed by atoms with Crippen molar-refractivity contribution in [2.75, 3.05) is 6.54 Å². The number of carboxylic acid groups (broad SMARTS) is 1. The highest BCUT2D eigenvalue weighted by Crippen LogP contribution is 2.24. The number of hydrogen-bond acceptors (Lipinski definition) is 5. The Morgan fingerprint density at radius 2 is 2.30 bits per heavy atom. The summed E-state index contributed by atoms with van der Waals surface area (Å²) >= 11 is 0. The van der Waals surface area contributed by atoms with E-state index in [-0.39, 0.29) is 0 Å². The van der Waals surface area contributed by atoms with Crippen molar-refractivity contribution in [1.82, 2.24) is 15.0 Å². The van der Waals surface area contributed by atoms with E-state index < -0.39 is 12.0 Å². The van der Waals surface area contributed by atoms with Gasteiger partial charge in [-0.2, -0.15) is 4.98 Å². The largest absolute Gasteiger partial charge is 0.480 e. The van der Waals surface area contributed by atoms with Crippen molar-refractivity contribution in [3.05, 3.63) is 11.7 Å². The Bertz CT molecular complexity index is 458. The summed E-state index contributed by atoms with van der Waals surface area (Å²) in [5.41, 5.74) is 0. The lowest BCUT2D eigenvalue weighted by molar-refractivity contribution is -0.145. The molecule has 2 atom stereocenters. The smallest absolute Gasteiger partial charge is 0.320 e. The molecule has 6 nitrogen and oxygen atoms in total. The van der Waals surface area contributed by atoms with Crippen molar-refractivity contribution in [3.8, 4) is 0 Å². The summed E-state index contributed by atoms with van der Waals surface area (Å²) in [6.07, 6.45) is 2.47. The number of nitrogens with zero attached hydrogens (tertiary/aromatic N) is 3. The van der Waals surface area contributed by atoms with Crippen LogP contribution in [-0.2, 0) is 17.8 Å². The first-order valence-corrected chi connectivity index (χ1v) is 7.24. The topological polar surface area (TPSA) is 79.5 Å². The predicted molar refractivity (Wildman–Crippen MR) is 73.1 cm³/mol. The maximum Gasteiger partial charge on any atom is 0.320 e. The summed E-state index contributed by atoms with van der Waals surface area (Å²) in [4.78, 5) is 17.6. The molecule has 0 aliphatic carbocycles. The Balaban J connectivity index is 2.00. The van der Waals surface area contributed by atoms with E-state index in [1.165, 1.54) is 0 Å². The van der Waals surface area contributed by atoms with Crippen LogP contribution in [0.15, 0.2) is 4.52 Å². The number of likely N-dealkylation sites (tertiary alicyclic amines) is 1. The van der Waals surface area contributed by atoms with Gasteiger partial charge in [0.05, 0.1) is 6.54 Å². The van der Waals surface area contributed by atoms with Crippen molar-refractivity contribution in [1.29, 1.82) is 0 Å². The summed E-state index contributed by atoms with van der Waals surface area (Å²) in [7, 11) is 0. The lowest BCUT2D eigenvalue weighted by Crippen LogP contribution is -2.46. The third-order valence-electron chi connectivity index (χ3n) is 3.70. The number of aliphatic carboxylic acids is 1. The maximum absolute atomic E-state index is 11.3. The van der Waals surface area contributed by atoms with E-state index in [4.69, 9.17) is 4.52 Å². The molecule has 0 amide bonds. The predicted octanol–water partition coefficient (Wildman–Crippen LogP) is 1.95. The molecule has 1 aliphatic rings. The van der Waals surface area contributed by atoms with Crippen molar-refractivity contribution < 1.29 is 14.4 Å². The van der Waals surface area contributed by atoms with Gasteiger partial charge in [0.2, 0.25) is 5.89 Å². The fourth-order valence-electron chi connectivity index (χ4n) is 2.61. The Labute approximate surface area is 119 Å². The van der Waals surface area contributed by atoms with Crippen molar-refractivity contribution >= 4 is 5.97 Å². The van der Waals surface area contributed by atoms with Gasteiger partial charge >= 0.3 is 5.97 Å². The second-order valence-electron chi connectivity index (χ2n) is 6.16. The average molecular weight is 281 g/mol. The van der Waals surface area contributed by atoms with Crippen LogP contribution in [-0.4, -0.2) is 38.7 Å². The van der Waals surface area contributed by atoms with Crippen LogP contribution >= 0.6 is 0 Å². The normalized spacial score (nSPS) is 24.2. The monoisotopic (exact) mass is 281 g/mol. The van der Waals surface area contributed by atoms with Crippen molar-refractivity contribution in [2.45, 2.75) is 52.6 Å². The Hall–Kier alpha value is -1.43. The van der Waals surface area contributed by atoms with Crippen molar-refractivity contribution in [3.63, 3.8) is 0 Å². The van der Waals surface area contributed by atoms with Gasteiger partial charge in [0.1, 0.15) is 6.04 Å². The number of hydrogen-bond donors (Lipinski definition) is 1. The molecule has 1 N–H and O–H groups in total. The van der Waals surface area contributed by atoms with E-state index in [9.17, 15) is 9.90 Å². The highest BCUT2D eigenvalue weighted by molar-refractivity contribution is 5.73. The van der Waals surface area contributed by atoms with Crippen LogP contribution in [0.4, 0.5) is 0 Å². The zero-order valence-corrected chi connectivity index (χ0v) is 12.4. The van der Waals surface area contributed by atoms with Gasteiger partial charge in [-0.05, 0) is 31.2 Å². The first-order chi connectivity index (χ1) is 9.45. The number of rotatable bonds is 5. The third-order valence-corrected chi connectivity index (χ3v) is 3.70. The SMILES string of the molecule is CC(C)Cc1noc(CN2CCC(C)CC2C(=O)O)n1. The molecule has 1 aromatic rings. The van der Waals surface area contributed by atoms with E-state index in [0.717, 1.165) is 19.4 Å². The number of carboxylic acids is 1. The fourth-order valence-corrected chi connectivity index (χ4v) is 2.61. The first-order valence-electron chi connectivity index (χ1n) is 7.24. The minimum Gasteiger partial charge on any atom is -0.480 e. The minimum absolute atomic E-state index is 0.425. The maximum atomic E-state index is 11.3. The molecule has 2 heterocycles. The Morgan fingerprint density at radius 3 is 2.95 bits per heavy atom. The molecular formula is C14H23N3O3. The molecule has 112 valence electrons. The Morgan fingerprint density at radius 1 is 1.55 bits per heavy atom. The van der Waals surface area contributed by atoms with Crippen LogP contribution in [0.5, 0.6) is 0 Å². The Kier molecular flexibility index (Phi) is 4.75. The van der Waals surface area contributed by atoms with Gasteiger partial charge in [-0.1, -0.05) is 25.9 Å². The van der Waals surface area contributed by atoms with Crippen LogP contribution in [0.2, 0.25) is 0 Å². The molecule has 20 heavy (non-hydrogen) atoms. The standard InChI is InChI=1S/C14H23N3O3/c1-9(2)6-12-15-13(20-16-12)8-17-5-4-10(3)7-11(17)14(18)19/h9-11H,4-8H2,1-3H3,(H,18,19). The molecule has 1 saturated heterocycles. The molecular weight excluding hydrogens is 258 g/mol. The van der Waals surface area contributed by atoms with Gasteiger partial charge in [0.25, 0.3) is 0 Å². The highest BCUT2D eigenvalue weighted by Gasteiger charge is 2.32. The molecule has 0 aromatic carbocycles. The van der Waals surface area contributed by atoms with Gasteiger partial charge in [0, 0.05) is 6.42 Å². The molecule has 1 aromatic heterocycles. The van der Waals surface area contributed by atoms with Gasteiger partial charge in [-0.25, -0.2) is 0 Å². The lowest BCUT2D eigenvalue weighted by Gasteiger charge is -2.34. The second-order valence-corrected chi connectivity index (χ2v) is 6.16. The summed E-state index contributed by atoms with van der Waals surface area (Å²) in [5.74, 6) is 1.38. The van der Waals surface area contributed by atoms with Crippen LogP contribution < -0.4 is 0 Å². The van der Waals surface area contributed by atoms with Crippen LogP contribution in [0.1, 0.15) is 45.3 Å². The molecule has 2 unspecified atom stereocenters. The van der Waals surface area contributed by atoms with Crippen LogP contribution in [0.3, 0.4) is 0 Å². The molecule has 6 heteroatoms. The van der Waals surface area contributed by atoms with E-state index in [1.807, 2.05) is 4.90 Å². The van der Waals surface area contributed by atoms with Crippen LogP contribution in [0, 0.1) is 11.8 Å². The van der Waals surface area contributed by atoms with Gasteiger partial charge in [-0.15, -0.1) is 0 Å². The summed E-state index contributed by atoms with van der Waals surface area (Å²) in [6, 6.07) is -0.445. The third kappa shape index (κ3) is 3.79. The molecule has 0 saturated carbocycles. The minimum atomic E-state index is -0.765. The first kappa shape index (κ1) is 15.0. The van der Waals surface area contributed by atoms with E-state index in [0.29, 0.717) is 36.5 Å². The van der Waals surface area contributed by atoms with Gasteiger partial charge < -0.3 is 9.63 Å². The molecule has 0 bridgehead atoms. The molecule has 1 aliphatic heterocycles. The number of aromatic nitrogens is 2. The van der Waals surface area contributed by atoms with Gasteiger partial charge in [-0.3, -0.25) is 9.69 Å². The molecule has 2 rings (SSSR count). The summed E-state index contributed by atoms with van der Waals surface area (Å²) < 4.78 is 5.23. The quantitative estimate of drug-likeness (QED) is 0.888. The lowest BCUT2D eigenvalue weighted by atomic mass is 9.92. The number of carbonyl (C=O) groups is 1. The van der Waals surface area contributed by atoms with Crippen molar-refractivity contribution in [2.24, 2.45) is 11.8 Å². The fraction of sp³-hybridized carbons (Fsp3) is 0.786. The second kappa shape index (κ2) is 6.35. The van der Waals surface area contributed by atoms with Gasteiger partial charge in [0.15, 0.2) is 5.82 Å². The van der Waals surface area contributed by atoms with E-state index in [2.05, 4.69) is 30.9 Å². The van der Waals surface area contributed by atoms with Crippen LogP contribution in [0.25, 0.3) is 0 Å². The summed E-state index contributed by atoms with van der Waals surface area (Å²) in [5, 5.41) is 13.3. The van der Waals surface area contributed by atoms with E-state index >= 15 is 0 Å². The number of piperidine rings is 1. The van der Waals surface area contributed by atoms with E-state index in [1.54, 1.807) is 0 Å². The average Bonchev–Trinajstić information content (AvgIpc) is 2.77. The zero-order chi connectivity index (χ0) is 14.7. The highest BCUT2D eigenvalue weighted by atomic mass is 16.5. The molecule has 0 spiro atoms. The summed E-state index contributed by atoms with van der Waals surface area (Å²) in [6.45, 7) is 7.49. The zero-order valence-electron chi connectivity index (χ0n) is 12.4. The molecule has 0 radical (unpaired) electrons. The molecule has 1 fully saturated rings.